The molecular weight excluding hydrogens is 134 g/mol. The standard InChI is InChI=1S/C10H23N/c1-6-9(4)11-10(5,7-2)8-3/h9,11H,6-8H2,1-5H3. The molecule has 0 aliphatic carbocycles. The Morgan fingerprint density at radius 2 is 1.64 bits per heavy atom. The van der Waals surface area contributed by atoms with Crippen molar-refractivity contribution in [3.05, 3.63) is 0 Å². The van der Waals surface area contributed by atoms with Crippen LogP contribution in [0.5, 0.6) is 0 Å². The van der Waals surface area contributed by atoms with E-state index < -0.39 is 0 Å². The zero-order valence-electron chi connectivity index (χ0n) is 8.70. The highest BCUT2D eigenvalue weighted by Gasteiger charge is 2.19. The third-order valence-electron chi connectivity index (χ3n) is 2.77. The molecule has 0 radical (unpaired) electrons. The summed E-state index contributed by atoms with van der Waals surface area (Å²) in [6, 6.07) is 0.653. The number of hydrogen-bond donors (Lipinski definition) is 1. The SMILES string of the molecule is CCC(C)NC(C)(CC)CC. The Morgan fingerprint density at radius 1 is 1.18 bits per heavy atom. The van der Waals surface area contributed by atoms with Crippen LogP contribution in [0.3, 0.4) is 0 Å². The summed E-state index contributed by atoms with van der Waals surface area (Å²) < 4.78 is 0. The van der Waals surface area contributed by atoms with Gasteiger partial charge in [0.05, 0.1) is 0 Å². The van der Waals surface area contributed by atoms with Crippen molar-refractivity contribution in [2.75, 3.05) is 0 Å². The average Bonchev–Trinajstić information content (AvgIpc) is 2.04. The lowest BCUT2D eigenvalue weighted by Gasteiger charge is -2.31. The molecule has 0 aromatic rings. The third kappa shape index (κ3) is 3.76. The van der Waals surface area contributed by atoms with Crippen LogP contribution in [0, 0.1) is 0 Å². The molecule has 0 aromatic heterocycles. The summed E-state index contributed by atoms with van der Waals surface area (Å²) in [5.74, 6) is 0. The summed E-state index contributed by atoms with van der Waals surface area (Å²) in [5, 5.41) is 3.64. The quantitative estimate of drug-likeness (QED) is 0.647. The first kappa shape index (κ1) is 11.0. The molecule has 0 spiro atoms. The normalized spacial score (nSPS) is 15.0. The highest BCUT2D eigenvalue weighted by Crippen LogP contribution is 2.14. The fourth-order valence-corrected chi connectivity index (χ4v) is 1.15. The predicted molar refractivity (Wildman–Crippen MR) is 51.9 cm³/mol. The van der Waals surface area contributed by atoms with Crippen molar-refractivity contribution in [2.24, 2.45) is 0 Å². The summed E-state index contributed by atoms with van der Waals surface area (Å²) >= 11 is 0. The lowest BCUT2D eigenvalue weighted by atomic mass is 9.94. The van der Waals surface area contributed by atoms with Gasteiger partial charge in [-0.05, 0) is 33.1 Å². The molecule has 1 N–H and O–H groups in total. The summed E-state index contributed by atoms with van der Waals surface area (Å²) in [7, 11) is 0. The van der Waals surface area contributed by atoms with E-state index in [0.29, 0.717) is 11.6 Å². The fraction of sp³-hybridized carbons (Fsp3) is 1.00. The van der Waals surface area contributed by atoms with Crippen LogP contribution in [0.4, 0.5) is 0 Å². The lowest BCUT2D eigenvalue weighted by molar-refractivity contribution is 0.293. The van der Waals surface area contributed by atoms with Gasteiger partial charge in [-0.1, -0.05) is 20.8 Å². The van der Waals surface area contributed by atoms with Gasteiger partial charge in [-0.25, -0.2) is 0 Å². The van der Waals surface area contributed by atoms with Crippen LogP contribution in [-0.2, 0) is 0 Å². The second-order valence-electron chi connectivity index (χ2n) is 3.72. The summed E-state index contributed by atoms with van der Waals surface area (Å²) in [5.41, 5.74) is 0.357. The zero-order valence-corrected chi connectivity index (χ0v) is 8.70. The number of rotatable bonds is 5. The van der Waals surface area contributed by atoms with Gasteiger partial charge in [0.15, 0.2) is 0 Å². The molecule has 0 fully saturated rings. The second kappa shape index (κ2) is 4.76. The van der Waals surface area contributed by atoms with E-state index in [4.69, 9.17) is 0 Å². The summed E-state index contributed by atoms with van der Waals surface area (Å²) in [6.45, 7) is 11.3. The Labute approximate surface area is 71.6 Å². The van der Waals surface area contributed by atoms with Crippen LogP contribution < -0.4 is 5.32 Å². The Kier molecular flexibility index (Phi) is 4.74. The summed E-state index contributed by atoms with van der Waals surface area (Å²) in [4.78, 5) is 0. The maximum atomic E-state index is 3.64. The molecule has 0 amide bonds. The van der Waals surface area contributed by atoms with E-state index in [1.54, 1.807) is 0 Å². The van der Waals surface area contributed by atoms with Crippen molar-refractivity contribution in [1.82, 2.24) is 5.32 Å². The maximum absolute atomic E-state index is 3.64. The zero-order chi connectivity index (χ0) is 8.91. The van der Waals surface area contributed by atoms with E-state index in [1.807, 2.05) is 0 Å². The van der Waals surface area contributed by atoms with Crippen LogP contribution >= 0.6 is 0 Å². The first-order valence-corrected chi connectivity index (χ1v) is 4.85. The molecule has 1 atom stereocenters. The Bertz CT molecular complexity index is 95.0. The summed E-state index contributed by atoms with van der Waals surface area (Å²) in [6.07, 6.45) is 3.65. The molecule has 0 bridgehead atoms. The van der Waals surface area contributed by atoms with Crippen molar-refractivity contribution < 1.29 is 0 Å². The second-order valence-corrected chi connectivity index (χ2v) is 3.72. The molecule has 0 heterocycles. The van der Waals surface area contributed by atoms with Gasteiger partial charge in [0.2, 0.25) is 0 Å². The molecular formula is C10H23N. The molecule has 0 saturated heterocycles. The molecule has 0 aromatic carbocycles. The van der Waals surface area contributed by atoms with Gasteiger partial charge in [0.1, 0.15) is 0 Å². The van der Waals surface area contributed by atoms with Gasteiger partial charge in [0, 0.05) is 11.6 Å². The third-order valence-corrected chi connectivity index (χ3v) is 2.77. The Morgan fingerprint density at radius 3 is 1.91 bits per heavy atom. The van der Waals surface area contributed by atoms with E-state index in [1.165, 1.54) is 19.3 Å². The van der Waals surface area contributed by atoms with Crippen LogP contribution in [0.15, 0.2) is 0 Å². The minimum Gasteiger partial charge on any atom is -0.309 e. The topological polar surface area (TPSA) is 12.0 Å². The van der Waals surface area contributed by atoms with Gasteiger partial charge >= 0.3 is 0 Å². The van der Waals surface area contributed by atoms with E-state index in [-0.39, 0.29) is 0 Å². The van der Waals surface area contributed by atoms with E-state index in [0.717, 1.165) is 0 Å². The van der Waals surface area contributed by atoms with Gasteiger partial charge < -0.3 is 5.32 Å². The predicted octanol–water partition coefficient (Wildman–Crippen LogP) is 2.95. The molecule has 0 saturated carbocycles. The van der Waals surface area contributed by atoms with Crippen LogP contribution in [0.25, 0.3) is 0 Å². The highest BCUT2D eigenvalue weighted by molar-refractivity contribution is 4.81. The highest BCUT2D eigenvalue weighted by atomic mass is 15.0. The number of nitrogens with one attached hydrogen (secondary N) is 1. The van der Waals surface area contributed by atoms with E-state index in [9.17, 15) is 0 Å². The Hall–Kier alpha value is -0.0400. The van der Waals surface area contributed by atoms with Crippen LogP contribution in [0.2, 0.25) is 0 Å². The molecule has 11 heavy (non-hydrogen) atoms. The van der Waals surface area contributed by atoms with Crippen molar-refractivity contribution in [3.8, 4) is 0 Å². The Balaban J connectivity index is 3.86. The van der Waals surface area contributed by atoms with E-state index >= 15 is 0 Å². The van der Waals surface area contributed by atoms with Gasteiger partial charge in [-0.2, -0.15) is 0 Å². The minimum absolute atomic E-state index is 0.357. The lowest BCUT2D eigenvalue weighted by Crippen LogP contribution is -2.45. The minimum atomic E-state index is 0.357. The molecule has 68 valence electrons. The first-order valence-electron chi connectivity index (χ1n) is 4.85. The van der Waals surface area contributed by atoms with Gasteiger partial charge in [0.25, 0.3) is 0 Å². The van der Waals surface area contributed by atoms with Crippen LogP contribution in [0.1, 0.15) is 53.9 Å². The van der Waals surface area contributed by atoms with Crippen molar-refractivity contribution in [2.45, 2.75) is 65.5 Å². The maximum Gasteiger partial charge on any atom is 0.0150 e. The molecule has 1 heteroatoms. The van der Waals surface area contributed by atoms with Crippen molar-refractivity contribution >= 4 is 0 Å². The first-order chi connectivity index (χ1) is 5.08. The monoisotopic (exact) mass is 157 g/mol. The van der Waals surface area contributed by atoms with Crippen molar-refractivity contribution in [3.63, 3.8) is 0 Å². The molecule has 1 unspecified atom stereocenters. The van der Waals surface area contributed by atoms with Gasteiger partial charge in [-0.15, -0.1) is 0 Å². The smallest absolute Gasteiger partial charge is 0.0150 e. The van der Waals surface area contributed by atoms with E-state index in [2.05, 4.69) is 39.9 Å². The molecule has 1 nitrogen and oxygen atoms in total. The fourth-order valence-electron chi connectivity index (χ4n) is 1.15. The average molecular weight is 157 g/mol. The molecule has 0 aliphatic heterocycles. The molecule has 0 aliphatic rings. The molecule has 0 rings (SSSR count). The van der Waals surface area contributed by atoms with Crippen molar-refractivity contribution in [1.29, 1.82) is 0 Å². The number of hydrogen-bond acceptors (Lipinski definition) is 1. The van der Waals surface area contributed by atoms with Gasteiger partial charge in [-0.3, -0.25) is 0 Å². The largest absolute Gasteiger partial charge is 0.309 e. The van der Waals surface area contributed by atoms with Crippen LogP contribution in [-0.4, -0.2) is 11.6 Å².